The third-order valence-electron chi connectivity index (χ3n) is 7.89. The molecule has 1 aromatic carbocycles. The van der Waals surface area contributed by atoms with E-state index in [0.29, 0.717) is 36.1 Å². The number of carbonyl (C=O) groups is 1. The van der Waals surface area contributed by atoms with Crippen LogP contribution in [0.2, 0.25) is 0 Å². The lowest BCUT2D eigenvalue weighted by Gasteiger charge is -2.34. The number of benzene rings is 1. The largest absolute Gasteiger partial charge is 0.494 e. The fourth-order valence-corrected chi connectivity index (χ4v) is 5.60. The van der Waals surface area contributed by atoms with Crippen molar-refractivity contribution in [3.63, 3.8) is 0 Å². The summed E-state index contributed by atoms with van der Waals surface area (Å²) in [5, 5.41) is 8.55. The molecule has 3 fully saturated rings. The first-order chi connectivity index (χ1) is 19.5. The number of anilines is 4. The summed E-state index contributed by atoms with van der Waals surface area (Å²) >= 11 is 0. The quantitative estimate of drug-likeness (QED) is 0.379. The second-order valence-electron chi connectivity index (χ2n) is 10.5. The fourth-order valence-electron chi connectivity index (χ4n) is 5.60. The number of likely N-dealkylation sites (N-methyl/N-ethyl adjacent to an activating group) is 1. The number of nitrogens with zero attached hydrogens (tertiary/aromatic N) is 7. The number of piperazine rings is 1. The molecule has 1 aromatic heterocycles. The number of hydrazine groups is 1. The Hall–Kier alpha value is -3.29. The van der Waals surface area contributed by atoms with Crippen LogP contribution >= 0.6 is 0 Å². The summed E-state index contributed by atoms with van der Waals surface area (Å²) in [4.78, 5) is 32.9. The Labute approximate surface area is 235 Å². The monoisotopic (exact) mass is 556 g/mol. The van der Waals surface area contributed by atoms with Gasteiger partial charge in [0.2, 0.25) is 23.8 Å². The predicted molar refractivity (Wildman–Crippen MR) is 152 cm³/mol. The van der Waals surface area contributed by atoms with E-state index in [1.807, 2.05) is 4.90 Å². The summed E-state index contributed by atoms with van der Waals surface area (Å²) in [5.74, 6) is 1.07. The van der Waals surface area contributed by atoms with Gasteiger partial charge in [-0.25, -0.2) is 9.40 Å². The van der Waals surface area contributed by atoms with Gasteiger partial charge in [0.1, 0.15) is 0 Å². The van der Waals surface area contributed by atoms with Crippen LogP contribution in [0.15, 0.2) is 18.2 Å². The highest BCUT2D eigenvalue weighted by Crippen LogP contribution is 2.24. The minimum atomic E-state index is -0.472. The van der Waals surface area contributed by atoms with Gasteiger partial charge in [-0.15, -0.1) is 0 Å². The molecule has 0 saturated carbocycles. The molecule has 13 heteroatoms. The SMILES string of the molecule is CCN1CCCC1CNc1nc(Nc2ccc(OC)c(F)c2)nc(NN2CCN(CC(=O)N3CCCC3)CC2)n1. The molecule has 1 amide bonds. The molecule has 4 heterocycles. The van der Waals surface area contributed by atoms with Crippen LogP contribution in [-0.2, 0) is 4.79 Å². The number of hydrogen-bond donors (Lipinski definition) is 3. The average Bonchev–Trinajstić information content (AvgIpc) is 3.66. The Morgan fingerprint density at radius 2 is 1.75 bits per heavy atom. The summed E-state index contributed by atoms with van der Waals surface area (Å²) < 4.78 is 19.3. The smallest absolute Gasteiger partial charge is 0.244 e. The fraction of sp³-hybridized carbons (Fsp3) is 0.630. The Morgan fingerprint density at radius 1 is 1.00 bits per heavy atom. The van der Waals surface area contributed by atoms with Crippen molar-refractivity contribution < 1.29 is 13.9 Å². The molecular formula is C27H41FN10O2. The van der Waals surface area contributed by atoms with E-state index >= 15 is 0 Å². The topological polar surface area (TPSA) is 114 Å². The molecular weight excluding hydrogens is 515 g/mol. The molecule has 2 aromatic rings. The maximum Gasteiger partial charge on any atom is 0.244 e. The molecule has 3 aliphatic heterocycles. The highest BCUT2D eigenvalue weighted by molar-refractivity contribution is 5.78. The number of aromatic nitrogens is 3. The molecule has 0 radical (unpaired) electrons. The second kappa shape index (κ2) is 13.4. The van der Waals surface area contributed by atoms with Crippen LogP contribution in [0, 0.1) is 5.82 Å². The molecule has 1 atom stereocenters. The number of likely N-dealkylation sites (tertiary alicyclic amines) is 2. The Morgan fingerprint density at radius 3 is 2.48 bits per heavy atom. The van der Waals surface area contributed by atoms with Gasteiger partial charge in [0, 0.05) is 63.6 Å². The van der Waals surface area contributed by atoms with E-state index in [1.165, 1.54) is 19.6 Å². The zero-order chi connectivity index (χ0) is 27.9. The minimum Gasteiger partial charge on any atom is -0.494 e. The van der Waals surface area contributed by atoms with Crippen molar-refractivity contribution in [2.45, 2.75) is 38.6 Å². The first-order valence-corrected chi connectivity index (χ1v) is 14.4. The molecule has 0 spiro atoms. The van der Waals surface area contributed by atoms with Gasteiger partial charge >= 0.3 is 0 Å². The number of halogens is 1. The molecule has 3 saturated heterocycles. The van der Waals surface area contributed by atoms with Gasteiger partial charge < -0.3 is 20.3 Å². The Balaban J connectivity index is 1.23. The average molecular weight is 557 g/mol. The van der Waals surface area contributed by atoms with E-state index in [9.17, 15) is 9.18 Å². The molecule has 1 unspecified atom stereocenters. The van der Waals surface area contributed by atoms with Crippen LogP contribution in [0.4, 0.5) is 27.9 Å². The summed E-state index contributed by atoms with van der Waals surface area (Å²) in [7, 11) is 1.43. The van der Waals surface area contributed by atoms with E-state index in [1.54, 1.807) is 12.1 Å². The lowest BCUT2D eigenvalue weighted by Crippen LogP contribution is -2.51. The normalized spacial score (nSPS) is 20.6. The van der Waals surface area contributed by atoms with Crippen molar-refractivity contribution in [2.75, 3.05) is 88.6 Å². The van der Waals surface area contributed by atoms with Crippen LogP contribution in [-0.4, -0.2) is 119 Å². The molecule has 0 aliphatic carbocycles. The first kappa shape index (κ1) is 28.2. The van der Waals surface area contributed by atoms with Crippen LogP contribution < -0.4 is 20.8 Å². The van der Waals surface area contributed by atoms with E-state index in [-0.39, 0.29) is 11.7 Å². The summed E-state index contributed by atoms with van der Waals surface area (Å²) in [6, 6.07) is 5.06. The van der Waals surface area contributed by atoms with Crippen LogP contribution in [0.3, 0.4) is 0 Å². The van der Waals surface area contributed by atoms with Crippen molar-refractivity contribution in [1.29, 1.82) is 0 Å². The molecule has 3 aliphatic rings. The molecule has 5 rings (SSSR count). The van der Waals surface area contributed by atoms with Gasteiger partial charge in [0.05, 0.1) is 13.7 Å². The van der Waals surface area contributed by atoms with Crippen LogP contribution in [0.1, 0.15) is 32.6 Å². The van der Waals surface area contributed by atoms with Crippen molar-refractivity contribution in [2.24, 2.45) is 0 Å². The summed E-state index contributed by atoms with van der Waals surface area (Å²) in [6.45, 7) is 10.3. The molecule has 218 valence electrons. The van der Waals surface area contributed by atoms with Gasteiger partial charge in [-0.1, -0.05) is 6.92 Å². The number of carbonyl (C=O) groups excluding carboxylic acids is 1. The van der Waals surface area contributed by atoms with Crippen molar-refractivity contribution in [1.82, 2.24) is 34.7 Å². The molecule has 3 N–H and O–H groups in total. The number of nitrogens with one attached hydrogen (secondary N) is 3. The first-order valence-electron chi connectivity index (χ1n) is 14.4. The zero-order valence-electron chi connectivity index (χ0n) is 23.5. The second-order valence-corrected chi connectivity index (χ2v) is 10.5. The molecule has 0 bridgehead atoms. The van der Waals surface area contributed by atoms with Gasteiger partial charge in [0.25, 0.3) is 0 Å². The van der Waals surface area contributed by atoms with Crippen molar-refractivity contribution in [3.8, 4) is 5.75 Å². The number of amides is 1. The lowest BCUT2D eigenvalue weighted by atomic mass is 10.2. The predicted octanol–water partition coefficient (Wildman–Crippen LogP) is 2.23. The van der Waals surface area contributed by atoms with Crippen molar-refractivity contribution >= 4 is 29.4 Å². The van der Waals surface area contributed by atoms with E-state index in [0.717, 1.165) is 78.2 Å². The number of rotatable bonds is 11. The Bertz CT molecular complexity index is 1140. The van der Waals surface area contributed by atoms with Gasteiger partial charge in [-0.3, -0.25) is 20.0 Å². The maximum atomic E-state index is 14.3. The van der Waals surface area contributed by atoms with E-state index in [4.69, 9.17) is 4.74 Å². The Kier molecular flexibility index (Phi) is 9.45. The maximum absolute atomic E-state index is 14.3. The number of methoxy groups -OCH3 is 1. The third kappa shape index (κ3) is 7.26. The van der Waals surface area contributed by atoms with Gasteiger partial charge in [-0.05, 0) is 50.9 Å². The standard InChI is InChI=1S/C27H41FN10O2/c1-3-36-12-6-7-21(36)18-29-25-31-26(30-20-8-9-23(40-2)22(28)17-20)33-27(32-25)34-38-15-13-35(14-16-38)19-24(39)37-10-4-5-11-37/h8-9,17,21H,3-7,10-16,18-19H2,1-2H3,(H3,29,30,31,32,33,34). The number of ether oxygens (including phenoxy) is 1. The van der Waals surface area contributed by atoms with Gasteiger partial charge in [0.15, 0.2) is 11.6 Å². The molecule has 40 heavy (non-hydrogen) atoms. The third-order valence-corrected chi connectivity index (χ3v) is 7.89. The lowest BCUT2D eigenvalue weighted by molar-refractivity contribution is -0.131. The minimum absolute atomic E-state index is 0.171. The number of hydrogen-bond acceptors (Lipinski definition) is 11. The summed E-state index contributed by atoms with van der Waals surface area (Å²) in [5.41, 5.74) is 3.82. The van der Waals surface area contributed by atoms with E-state index < -0.39 is 5.82 Å². The van der Waals surface area contributed by atoms with E-state index in [2.05, 4.69) is 52.7 Å². The van der Waals surface area contributed by atoms with Crippen LogP contribution in [0.5, 0.6) is 5.75 Å². The zero-order valence-corrected chi connectivity index (χ0v) is 23.5. The van der Waals surface area contributed by atoms with Crippen molar-refractivity contribution in [3.05, 3.63) is 24.0 Å². The van der Waals surface area contributed by atoms with Crippen LogP contribution in [0.25, 0.3) is 0 Å². The highest BCUT2D eigenvalue weighted by Gasteiger charge is 2.25. The molecule has 12 nitrogen and oxygen atoms in total. The summed E-state index contributed by atoms with van der Waals surface area (Å²) in [6.07, 6.45) is 4.54. The van der Waals surface area contributed by atoms with Gasteiger partial charge in [-0.2, -0.15) is 15.0 Å². The highest BCUT2D eigenvalue weighted by atomic mass is 19.1.